The first-order valence-corrected chi connectivity index (χ1v) is 13.1. The smallest absolute Gasteiger partial charge is 0.272 e. The van der Waals surface area contributed by atoms with Crippen LogP contribution in [-0.4, -0.2) is 53.1 Å². The van der Waals surface area contributed by atoms with Crippen molar-refractivity contribution in [2.75, 3.05) is 36.4 Å². The summed E-state index contributed by atoms with van der Waals surface area (Å²) in [5.74, 6) is -0.858. The number of aromatic amines is 1. The summed E-state index contributed by atoms with van der Waals surface area (Å²) in [7, 11) is 0. The average molecular weight is 528 g/mol. The summed E-state index contributed by atoms with van der Waals surface area (Å²) in [6.45, 7) is 2.85. The fourth-order valence-electron chi connectivity index (χ4n) is 4.90. The van der Waals surface area contributed by atoms with E-state index in [4.69, 9.17) is 0 Å². The molecule has 1 fully saturated rings. The Hall–Kier alpha value is -4.53. The first kappa shape index (κ1) is 26.1. The van der Waals surface area contributed by atoms with Gasteiger partial charge in [-0.1, -0.05) is 42.5 Å². The lowest BCUT2D eigenvalue weighted by Gasteiger charge is -2.36. The van der Waals surface area contributed by atoms with E-state index in [0.29, 0.717) is 37.0 Å². The van der Waals surface area contributed by atoms with Crippen LogP contribution in [0.5, 0.6) is 0 Å². The zero-order valence-electron chi connectivity index (χ0n) is 21.5. The highest BCUT2D eigenvalue weighted by Crippen LogP contribution is 2.22. The molecule has 39 heavy (non-hydrogen) atoms. The van der Waals surface area contributed by atoms with E-state index < -0.39 is 5.82 Å². The van der Waals surface area contributed by atoms with Crippen molar-refractivity contribution < 1.29 is 14.0 Å². The maximum atomic E-state index is 14.5. The van der Waals surface area contributed by atoms with Gasteiger partial charge in [-0.25, -0.2) is 9.49 Å². The largest absolute Gasteiger partial charge is 0.368 e. The Balaban J connectivity index is 1.12. The molecule has 1 aliphatic rings. The molecule has 1 aromatic heterocycles. The van der Waals surface area contributed by atoms with E-state index >= 15 is 0 Å². The lowest BCUT2D eigenvalue weighted by atomic mass is 10.0. The van der Waals surface area contributed by atoms with Gasteiger partial charge in [0, 0.05) is 56.5 Å². The normalized spacial score (nSPS) is 13.5. The number of anilines is 2. The second kappa shape index (κ2) is 11.9. The lowest BCUT2D eigenvalue weighted by Crippen LogP contribution is -2.48. The van der Waals surface area contributed by atoms with E-state index in [1.165, 1.54) is 6.07 Å². The molecule has 200 valence electrons. The quantitative estimate of drug-likeness (QED) is 0.359. The number of rotatable bonds is 8. The fourth-order valence-corrected chi connectivity index (χ4v) is 4.90. The van der Waals surface area contributed by atoms with Crippen LogP contribution in [-0.2, 0) is 16.0 Å². The minimum Gasteiger partial charge on any atom is -0.368 e. The molecule has 0 aliphatic carbocycles. The minimum atomic E-state index is -0.543. The summed E-state index contributed by atoms with van der Waals surface area (Å²) >= 11 is 0. The third-order valence-electron chi connectivity index (χ3n) is 7.00. The number of hydrogen-bond acceptors (Lipinski definition) is 5. The van der Waals surface area contributed by atoms with Gasteiger partial charge in [0.2, 0.25) is 11.8 Å². The standard InChI is InChI=1S/C30H30FN5O3/c31-25-14-13-21(19-26-23-9-4-5-10-24(23)30(39)34-33-26)20-27(25)32-28(37)11-6-12-29(38)36-17-15-35(16-18-36)22-7-2-1-3-8-22/h1-5,7-10,13-14,20H,6,11-12,15-19H2,(H,32,37)(H,34,39). The summed E-state index contributed by atoms with van der Waals surface area (Å²) in [4.78, 5) is 41.3. The van der Waals surface area contributed by atoms with Crippen molar-refractivity contribution >= 4 is 34.0 Å². The van der Waals surface area contributed by atoms with E-state index in [-0.39, 0.29) is 35.9 Å². The monoisotopic (exact) mass is 527 g/mol. The van der Waals surface area contributed by atoms with Crippen molar-refractivity contribution in [2.24, 2.45) is 0 Å². The van der Waals surface area contributed by atoms with E-state index in [1.54, 1.807) is 24.3 Å². The van der Waals surface area contributed by atoms with Crippen LogP contribution in [0.1, 0.15) is 30.5 Å². The summed E-state index contributed by atoms with van der Waals surface area (Å²) < 4.78 is 14.5. The molecule has 2 amide bonds. The Bertz CT molecular complexity index is 1530. The van der Waals surface area contributed by atoms with Gasteiger partial charge in [0.05, 0.1) is 16.8 Å². The highest BCUT2D eigenvalue weighted by molar-refractivity contribution is 5.91. The van der Waals surface area contributed by atoms with E-state index in [2.05, 4.69) is 32.5 Å². The van der Waals surface area contributed by atoms with Crippen LogP contribution in [0.3, 0.4) is 0 Å². The van der Waals surface area contributed by atoms with Crippen molar-refractivity contribution in [3.05, 3.63) is 100 Å². The fraction of sp³-hybridized carbons (Fsp3) is 0.267. The number of carbonyl (C=O) groups is 2. The van der Waals surface area contributed by atoms with Gasteiger partial charge >= 0.3 is 0 Å². The molecule has 0 saturated carbocycles. The molecule has 8 nitrogen and oxygen atoms in total. The minimum absolute atomic E-state index is 0.0318. The summed E-state index contributed by atoms with van der Waals surface area (Å²) in [6, 6.07) is 21.8. The number of piperazine rings is 1. The second-order valence-electron chi connectivity index (χ2n) is 9.64. The van der Waals surface area contributed by atoms with Crippen molar-refractivity contribution in [3.8, 4) is 0 Å². The van der Waals surface area contributed by atoms with Gasteiger partial charge in [-0.15, -0.1) is 0 Å². The number of fused-ring (bicyclic) bond motifs is 1. The number of hydrogen-bond donors (Lipinski definition) is 2. The van der Waals surface area contributed by atoms with Crippen LogP contribution in [0.15, 0.2) is 77.6 Å². The van der Waals surface area contributed by atoms with Crippen LogP contribution in [0.2, 0.25) is 0 Å². The number of aromatic nitrogens is 2. The van der Waals surface area contributed by atoms with E-state index in [0.717, 1.165) is 29.7 Å². The Morgan fingerprint density at radius 1 is 0.897 bits per heavy atom. The van der Waals surface area contributed by atoms with Crippen molar-refractivity contribution in [1.82, 2.24) is 15.1 Å². The molecule has 2 heterocycles. The van der Waals surface area contributed by atoms with Crippen molar-refractivity contribution in [2.45, 2.75) is 25.7 Å². The number of para-hydroxylation sites is 1. The SMILES string of the molecule is O=C(CCCC(=O)N1CCN(c2ccccc2)CC1)Nc1cc(Cc2n[nH]c(=O)c3ccccc23)ccc1F. The molecule has 0 spiro atoms. The number of nitrogens with one attached hydrogen (secondary N) is 2. The zero-order chi connectivity index (χ0) is 27.2. The van der Waals surface area contributed by atoms with Crippen LogP contribution < -0.4 is 15.8 Å². The number of halogens is 1. The molecule has 1 saturated heterocycles. The van der Waals surface area contributed by atoms with Crippen LogP contribution in [0.4, 0.5) is 15.8 Å². The second-order valence-corrected chi connectivity index (χ2v) is 9.64. The predicted octanol–water partition coefficient (Wildman–Crippen LogP) is 4.11. The molecule has 3 aromatic carbocycles. The highest BCUT2D eigenvalue weighted by atomic mass is 19.1. The topological polar surface area (TPSA) is 98.4 Å². The average Bonchev–Trinajstić information content (AvgIpc) is 2.97. The number of H-pyrrole nitrogens is 1. The highest BCUT2D eigenvalue weighted by Gasteiger charge is 2.21. The Morgan fingerprint density at radius 3 is 2.38 bits per heavy atom. The molecule has 2 N–H and O–H groups in total. The number of nitrogens with zero attached hydrogens (tertiary/aromatic N) is 3. The maximum Gasteiger partial charge on any atom is 0.272 e. The molecule has 0 unspecified atom stereocenters. The van der Waals surface area contributed by atoms with E-state index in [9.17, 15) is 18.8 Å². The summed E-state index contributed by atoms with van der Waals surface area (Å²) in [5.41, 5.74) is 2.35. The number of amides is 2. The van der Waals surface area contributed by atoms with Gasteiger partial charge < -0.3 is 15.1 Å². The molecule has 0 bridgehead atoms. The summed E-state index contributed by atoms with van der Waals surface area (Å²) in [6.07, 6.45) is 1.13. The van der Waals surface area contributed by atoms with Gasteiger partial charge in [-0.05, 0) is 42.3 Å². The van der Waals surface area contributed by atoms with E-state index in [1.807, 2.05) is 35.2 Å². The predicted molar refractivity (Wildman–Crippen MR) is 149 cm³/mol. The van der Waals surface area contributed by atoms with Crippen molar-refractivity contribution in [3.63, 3.8) is 0 Å². The van der Waals surface area contributed by atoms with Gasteiger partial charge in [-0.3, -0.25) is 14.4 Å². The first-order valence-electron chi connectivity index (χ1n) is 13.1. The molecule has 9 heteroatoms. The van der Waals surface area contributed by atoms with Gasteiger partial charge in [0.25, 0.3) is 5.56 Å². The Morgan fingerprint density at radius 2 is 1.62 bits per heavy atom. The third kappa shape index (κ3) is 6.31. The molecule has 4 aromatic rings. The zero-order valence-corrected chi connectivity index (χ0v) is 21.5. The Kier molecular flexibility index (Phi) is 7.96. The van der Waals surface area contributed by atoms with Crippen LogP contribution >= 0.6 is 0 Å². The van der Waals surface area contributed by atoms with Crippen LogP contribution in [0, 0.1) is 5.82 Å². The number of benzene rings is 3. The molecule has 5 rings (SSSR count). The third-order valence-corrected chi connectivity index (χ3v) is 7.00. The van der Waals surface area contributed by atoms with Gasteiger partial charge in [0.1, 0.15) is 5.82 Å². The molecule has 1 aliphatic heterocycles. The van der Waals surface area contributed by atoms with Crippen molar-refractivity contribution in [1.29, 1.82) is 0 Å². The lowest BCUT2D eigenvalue weighted by molar-refractivity contribution is -0.131. The first-order chi connectivity index (χ1) is 19.0. The number of carbonyl (C=O) groups excluding carboxylic acids is 2. The Labute approximate surface area is 225 Å². The molecule has 0 atom stereocenters. The maximum absolute atomic E-state index is 14.5. The summed E-state index contributed by atoms with van der Waals surface area (Å²) in [5, 5.41) is 10.6. The molecular weight excluding hydrogens is 497 g/mol. The van der Waals surface area contributed by atoms with Crippen LogP contribution in [0.25, 0.3) is 10.8 Å². The van der Waals surface area contributed by atoms with Gasteiger partial charge in [-0.2, -0.15) is 5.10 Å². The molecular formula is C30H30FN5O3. The molecule has 0 radical (unpaired) electrons. The van der Waals surface area contributed by atoms with Gasteiger partial charge in [0.15, 0.2) is 0 Å².